The summed E-state index contributed by atoms with van der Waals surface area (Å²) in [7, 11) is 0. The van der Waals surface area contributed by atoms with Gasteiger partial charge in [0.15, 0.2) is 0 Å². The van der Waals surface area contributed by atoms with Gasteiger partial charge in [-0.25, -0.2) is 0 Å². The van der Waals surface area contributed by atoms with Gasteiger partial charge in [0.2, 0.25) is 0 Å². The van der Waals surface area contributed by atoms with Crippen LogP contribution in [0, 0.1) is 11.8 Å². The van der Waals surface area contributed by atoms with Crippen molar-refractivity contribution in [2.75, 3.05) is 0 Å². The molecule has 4 heteroatoms. The summed E-state index contributed by atoms with van der Waals surface area (Å²) in [4.78, 5) is 23.6. The molecule has 0 heterocycles. The molecule has 0 spiro atoms. The van der Waals surface area contributed by atoms with Gasteiger partial charge in [0.25, 0.3) is 0 Å². The third-order valence-electron chi connectivity index (χ3n) is 5.83. The maximum Gasteiger partial charge on any atom is 0.310 e. The lowest BCUT2D eigenvalue weighted by Crippen LogP contribution is -2.33. The highest BCUT2D eigenvalue weighted by atomic mass is 16.5. The van der Waals surface area contributed by atoms with E-state index in [2.05, 4.69) is 6.92 Å². The van der Waals surface area contributed by atoms with Crippen molar-refractivity contribution in [2.24, 2.45) is 11.8 Å². The van der Waals surface area contributed by atoms with E-state index < -0.39 is 17.8 Å². The predicted molar refractivity (Wildman–Crippen MR) is 114 cm³/mol. The lowest BCUT2D eigenvalue weighted by molar-refractivity contribution is -0.161. The molecule has 0 radical (unpaired) electrons. The Bertz CT molecular complexity index is 458. The monoisotopic (exact) mass is 394 g/mol. The van der Waals surface area contributed by atoms with E-state index in [4.69, 9.17) is 4.74 Å². The second-order valence-corrected chi connectivity index (χ2v) is 8.42. The Morgan fingerprint density at radius 3 is 1.82 bits per heavy atom. The zero-order valence-electron chi connectivity index (χ0n) is 18.2. The zero-order valence-corrected chi connectivity index (χ0v) is 18.2. The topological polar surface area (TPSA) is 63.6 Å². The van der Waals surface area contributed by atoms with Gasteiger partial charge in [-0.2, -0.15) is 0 Å². The molecule has 0 amide bonds. The highest BCUT2D eigenvalue weighted by Gasteiger charge is 2.35. The first-order valence-electron chi connectivity index (χ1n) is 11.6. The van der Waals surface area contributed by atoms with Gasteiger partial charge in [-0.3, -0.25) is 9.59 Å². The van der Waals surface area contributed by atoms with Gasteiger partial charge in [0.05, 0.1) is 17.9 Å². The van der Waals surface area contributed by atoms with Crippen LogP contribution in [0.25, 0.3) is 0 Å². The van der Waals surface area contributed by atoms with Crippen molar-refractivity contribution in [2.45, 2.75) is 116 Å². The molecule has 1 aliphatic carbocycles. The highest BCUT2D eigenvalue weighted by Crippen LogP contribution is 2.27. The maximum absolute atomic E-state index is 12.3. The van der Waals surface area contributed by atoms with Crippen LogP contribution >= 0.6 is 0 Å². The van der Waals surface area contributed by atoms with Crippen molar-refractivity contribution >= 4 is 11.9 Å². The third-order valence-corrected chi connectivity index (χ3v) is 5.83. The summed E-state index contributed by atoms with van der Waals surface area (Å²) >= 11 is 0. The minimum absolute atomic E-state index is 0.129. The maximum atomic E-state index is 12.3. The molecule has 162 valence electrons. The molecule has 4 nitrogen and oxygen atoms in total. The number of hydrogen-bond acceptors (Lipinski definition) is 3. The number of carbonyl (C=O) groups is 2. The molecule has 0 saturated carbocycles. The number of carboxylic acids is 1. The Balaban J connectivity index is 2.02. The number of carboxylic acid groups (broad SMARTS) is 1. The summed E-state index contributed by atoms with van der Waals surface area (Å²) in [6.45, 7) is 4.18. The molecule has 1 aliphatic rings. The Labute approximate surface area is 172 Å². The standard InChI is InChI=1S/C24H42O4/c1-3-4-5-6-7-8-9-10-11-12-13-14-17-20(2)28-24(27)22-19-16-15-18-21(22)23(25)26/h15-16,20-22H,3-14,17-19H2,1-2H3,(H,25,26). The molecule has 1 rings (SSSR count). The minimum atomic E-state index is -0.903. The summed E-state index contributed by atoms with van der Waals surface area (Å²) in [5.74, 6) is -2.42. The Kier molecular flexibility index (Phi) is 13.8. The summed E-state index contributed by atoms with van der Waals surface area (Å²) < 4.78 is 5.53. The van der Waals surface area contributed by atoms with Gasteiger partial charge in [-0.05, 0) is 32.6 Å². The lowest BCUT2D eigenvalue weighted by Gasteiger charge is -2.25. The average Bonchev–Trinajstić information content (AvgIpc) is 2.68. The van der Waals surface area contributed by atoms with Crippen LogP contribution in [0.1, 0.15) is 110 Å². The van der Waals surface area contributed by atoms with E-state index in [-0.39, 0.29) is 12.1 Å². The van der Waals surface area contributed by atoms with E-state index in [1.54, 1.807) is 0 Å². The van der Waals surface area contributed by atoms with Crippen molar-refractivity contribution in [3.63, 3.8) is 0 Å². The molecule has 0 fully saturated rings. The molecule has 0 bridgehead atoms. The quantitative estimate of drug-likeness (QED) is 0.180. The zero-order chi connectivity index (χ0) is 20.6. The fraction of sp³-hybridized carbons (Fsp3) is 0.833. The minimum Gasteiger partial charge on any atom is -0.481 e. The molecular weight excluding hydrogens is 352 g/mol. The third kappa shape index (κ3) is 10.9. The number of hydrogen-bond donors (Lipinski definition) is 1. The second-order valence-electron chi connectivity index (χ2n) is 8.42. The van der Waals surface area contributed by atoms with Crippen LogP contribution in [-0.2, 0) is 14.3 Å². The Morgan fingerprint density at radius 2 is 1.32 bits per heavy atom. The second kappa shape index (κ2) is 15.6. The van der Waals surface area contributed by atoms with Crippen molar-refractivity contribution in [3.05, 3.63) is 12.2 Å². The smallest absolute Gasteiger partial charge is 0.310 e. The van der Waals surface area contributed by atoms with Gasteiger partial charge >= 0.3 is 11.9 Å². The van der Waals surface area contributed by atoms with Crippen LogP contribution in [0.5, 0.6) is 0 Å². The number of rotatable bonds is 16. The van der Waals surface area contributed by atoms with Gasteiger partial charge in [0.1, 0.15) is 0 Å². The molecule has 28 heavy (non-hydrogen) atoms. The molecule has 0 aliphatic heterocycles. The normalized spacial score (nSPS) is 20.1. The van der Waals surface area contributed by atoms with E-state index in [0.29, 0.717) is 12.8 Å². The van der Waals surface area contributed by atoms with Crippen LogP contribution in [0.2, 0.25) is 0 Å². The Morgan fingerprint density at radius 1 is 0.857 bits per heavy atom. The van der Waals surface area contributed by atoms with Crippen molar-refractivity contribution in [3.8, 4) is 0 Å². The van der Waals surface area contributed by atoms with E-state index in [1.807, 2.05) is 19.1 Å². The first-order valence-corrected chi connectivity index (χ1v) is 11.6. The largest absolute Gasteiger partial charge is 0.481 e. The van der Waals surface area contributed by atoms with E-state index in [0.717, 1.165) is 12.8 Å². The van der Waals surface area contributed by atoms with Crippen LogP contribution in [-0.4, -0.2) is 23.1 Å². The fourth-order valence-corrected chi connectivity index (χ4v) is 3.97. The summed E-state index contributed by atoms with van der Waals surface area (Å²) in [5.41, 5.74) is 0. The van der Waals surface area contributed by atoms with Crippen molar-refractivity contribution < 1.29 is 19.4 Å². The van der Waals surface area contributed by atoms with Crippen LogP contribution in [0.15, 0.2) is 12.2 Å². The molecule has 1 N–H and O–H groups in total. The average molecular weight is 395 g/mol. The highest BCUT2D eigenvalue weighted by molar-refractivity contribution is 5.81. The van der Waals surface area contributed by atoms with Crippen LogP contribution in [0.4, 0.5) is 0 Å². The van der Waals surface area contributed by atoms with E-state index in [9.17, 15) is 14.7 Å². The van der Waals surface area contributed by atoms with Gasteiger partial charge < -0.3 is 9.84 Å². The van der Waals surface area contributed by atoms with Gasteiger partial charge in [0, 0.05) is 0 Å². The summed E-state index contributed by atoms with van der Waals surface area (Å²) in [6.07, 6.45) is 21.1. The molecular formula is C24H42O4. The molecule has 0 saturated heterocycles. The number of ether oxygens (including phenoxy) is 1. The van der Waals surface area contributed by atoms with Crippen LogP contribution < -0.4 is 0 Å². The summed E-state index contributed by atoms with van der Waals surface area (Å²) in [5, 5.41) is 9.28. The van der Waals surface area contributed by atoms with E-state index in [1.165, 1.54) is 70.6 Å². The van der Waals surface area contributed by atoms with E-state index >= 15 is 0 Å². The van der Waals surface area contributed by atoms with Crippen molar-refractivity contribution in [1.82, 2.24) is 0 Å². The molecule has 0 aromatic heterocycles. The fourth-order valence-electron chi connectivity index (χ4n) is 3.97. The van der Waals surface area contributed by atoms with Crippen molar-refractivity contribution in [1.29, 1.82) is 0 Å². The number of unbranched alkanes of at least 4 members (excludes halogenated alkanes) is 11. The number of carbonyl (C=O) groups excluding carboxylic acids is 1. The molecule has 0 aromatic rings. The number of allylic oxidation sites excluding steroid dienone is 2. The first-order chi connectivity index (χ1) is 13.6. The number of aliphatic carboxylic acids is 1. The Hall–Kier alpha value is -1.32. The predicted octanol–water partition coefficient (Wildman–Crippen LogP) is 6.68. The molecule has 3 atom stereocenters. The van der Waals surface area contributed by atoms with Gasteiger partial charge in [-0.1, -0.05) is 89.7 Å². The SMILES string of the molecule is CCCCCCCCCCCCCCC(C)OC(=O)C1CC=CCC1C(=O)O. The number of esters is 1. The van der Waals surface area contributed by atoms with Gasteiger partial charge in [-0.15, -0.1) is 0 Å². The van der Waals surface area contributed by atoms with Crippen LogP contribution in [0.3, 0.4) is 0 Å². The first kappa shape index (κ1) is 24.7. The summed E-state index contributed by atoms with van der Waals surface area (Å²) in [6, 6.07) is 0. The molecule has 0 aromatic carbocycles. The lowest BCUT2D eigenvalue weighted by atomic mass is 9.83. The molecule has 3 unspecified atom stereocenters.